The normalized spacial score (nSPS) is 14.3. The Kier molecular flexibility index (Phi) is 3.99. The summed E-state index contributed by atoms with van der Waals surface area (Å²) in [4.78, 5) is 0. The van der Waals surface area contributed by atoms with Crippen LogP contribution in [-0.2, 0) is 0 Å². The summed E-state index contributed by atoms with van der Waals surface area (Å²) < 4.78 is 0. The van der Waals surface area contributed by atoms with Gasteiger partial charge in [-0.05, 0) is 34.8 Å². The van der Waals surface area contributed by atoms with Crippen LogP contribution in [0.1, 0.15) is 28.2 Å². The highest BCUT2D eigenvalue weighted by atomic mass is 16.3. The predicted molar refractivity (Wildman–Crippen MR) is 104 cm³/mol. The minimum atomic E-state index is 0.0744. The van der Waals surface area contributed by atoms with E-state index in [2.05, 4.69) is 60.7 Å². The molecule has 25 heavy (non-hydrogen) atoms. The molecule has 0 aliphatic heterocycles. The van der Waals surface area contributed by atoms with Gasteiger partial charge in [0, 0.05) is 11.5 Å². The third-order valence-electron chi connectivity index (χ3n) is 4.78. The maximum absolute atomic E-state index is 10.5. The number of rotatable bonds is 3. The molecule has 0 spiro atoms. The highest BCUT2D eigenvalue weighted by Crippen LogP contribution is 2.44. The molecule has 1 aliphatic rings. The molecule has 4 rings (SSSR count). The van der Waals surface area contributed by atoms with E-state index in [4.69, 9.17) is 0 Å². The van der Waals surface area contributed by atoms with Crippen molar-refractivity contribution < 1.29 is 5.11 Å². The van der Waals surface area contributed by atoms with Gasteiger partial charge in [-0.3, -0.25) is 0 Å². The van der Waals surface area contributed by atoms with Crippen LogP contribution >= 0.6 is 0 Å². The molecule has 3 aromatic rings. The van der Waals surface area contributed by atoms with E-state index < -0.39 is 0 Å². The molecule has 0 unspecified atom stereocenters. The zero-order chi connectivity index (χ0) is 17.2. The van der Waals surface area contributed by atoms with Gasteiger partial charge in [0.05, 0.1) is 0 Å². The van der Waals surface area contributed by atoms with Gasteiger partial charge in [0.15, 0.2) is 0 Å². The van der Waals surface area contributed by atoms with E-state index in [1.807, 2.05) is 37.3 Å². The van der Waals surface area contributed by atoms with Crippen molar-refractivity contribution in [3.8, 4) is 5.75 Å². The lowest BCUT2D eigenvalue weighted by Gasteiger charge is -2.10. The van der Waals surface area contributed by atoms with Crippen molar-refractivity contribution >= 4 is 11.1 Å². The van der Waals surface area contributed by atoms with Crippen molar-refractivity contribution in [1.29, 1.82) is 0 Å². The van der Waals surface area contributed by atoms with Gasteiger partial charge in [0.1, 0.15) is 5.75 Å². The van der Waals surface area contributed by atoms with Crippen molar-refractivity contribution in [3.63, 3.8) is 0 Å². The maximum atomic E-state index is 10.5. The van der Waals surface area contributed by atoms with Crippen molar-refractivity contribution in [2.24, 2.45) is 0 Å². The Morgan fingerprint density at radius 2 is 1.16 bits per heavy atom. The van der Waals surface area contributed by atoms with Crippen LogP contribution in [0.2, 0.25) is 0 Å². The van der Waals surface area contributed by atoms with Gasteiger partial charge in [0.2, 0.25) is 0 Å². The van der Waals surface area contributed by atoms with E-state index in [9.17, 15) is 5.11 Å². The Labute approximate surface area is 148 Å². The van der Waals surface area contributed by atoms with Crippen molar-refractivity contribution in [3.05, 3.63) is 113 Å². The summed E-state index contributed by atoms with van der Waals surface area (Å²) in [7, 11) is 0. The fourth-order valence-electron chi connectivity index (χ4n) is 3.46. The van der Waals surface area contributed by atoms with E-state index in [-0.39, 0.29) is 5.92 Å². The summed E-state index contributed by atoms with van der Waals surface area (Å²) in [6, 6.07) is 26.9. The quantitative estimate of drug-likeness (QED) is 0.630. The van der Waals surface area contributed by atoms with E-state index >= 15 is 0 Å². The molecule has 0 bridgehead atoms. The zero-order valence-electron chi connectivity index (χ0n) is 14.2. The lowest BCUT2D eigenvalue weighted by Crippen LogP contribution is -1.91. The Morgan fingerprint density at radius 3 is 1.68 bits per heavy atom. The average molecular weight is 324 g/mol. The van der Waals surface area contributed by atoms with E-state index in [0.717, 1.165) is 11.1 Å². The topological polar surface area (TPSA) is 20.2 Å². The molecule has 0 saturated heterocycles. The maximum Gasteiger partial charge on any atom is 0.122 e. The molecule has 0 amide bonds. The van der Waals surface area contributed by atoms with E-state index in [0.29, 0.717) is 5.75 Å². The van der Waals surface area contributed by atoms with Crippen LogP contribution in [0.5, 0.6) is 5.75 Å². The molecule has 122 valence electrons. The largest absolute Gasteiger partial charge is 0.507 e. The smallest absolute Gasteiger partial charge is 0.122 e. The van der Waals surface area contributed by atoms with Crippen molar-refractivity contribution in [2.45, 2.75) is 12.8 Å². The fraction of sp³-hybridized carbons (Fsp3) is 0.0833. The summed E-state index contributed by atoms with van der Waals surface area (Å²) in [5.41, 5.74) is 6.71. The molecule has 0 atom stereocenters. The minimum absolute atomic E-state index is 0.0744. The van der Waals surface area contributed by atoms with Gasteiger partial charge >= 0.3 is 0 Å². The molecular weight excluding hydrogens is 304 g/mol. The Morgan fingerprint density at radius 1 is 0.640 bits per heavy atom. The number of phenols is 1. The molecule has 0 radical (unpaired) electrons. The first kappa shape index (κ1) is 15.5. The monoisotopic (exact) mass is 324 g/mol. The number of benzene rings is 3. The number of hydrogen-bond acceptors (Lipinski definition) is 1. The van der Waals surface area contributed by atoms with E-state index in [1.54, 1.807) is 0 Å². The highest BCUT2D eigenvalue weighted by molar-refractivity contribution is 6.08. The van der Waals surface area contributed by atoms with Crippen LogP contribution in [0.4, 0.5) is 0 Å². The molecule has 0 saturated carbocycles. The summed E-state index contributed by atoms with van der Waals surface area (Å²) in [6.07, 6.45) is 4.51. The van der Waals surface area contributed by atoms with Crippen LogP contribution < -0.4 is 0 Å². The molecule has 1 nitrogen and oxygen atoms in total. The molecule has 1 N–H and O–H groups in total. The molecule has 0 aromatic heterocycles. The predicted octanol–water partition coefficient (Wildman–Crippen LogP) is 5.97. The second-order valence-electron chi connectivity index (χ2n) is 6.43. The number of aromatic hydroxyl groups is 1. The van der Waals surface area contributed by atoms with Gasteiger partial charge < -0.3 is 5.11 Å². The lowest BCUT2D eigenvalue weighted by atomic mass is 9.95. The first-order valence-corrected chi connectivity index (χ1v) is 8.57. The van der Waals surface area contributed by atoms with Crippen LogP contribution in [-0.4, -0.2) is 5.11 Å². The van der Waals surface area contributed by atoms with Gasteiger partial charge in [-0.25, -0.2) is 0 Å². The molecule has 0 fully saturated rings. The minimum Gasteiger partial charge on any atom is -0.507 e. The molecule has 3 aromatic carbocycles. The number of para-hydroxylation sites is 1. The second-order valence-corrected chi connectivity index (χ2v) is 6.43. The van der Waals surface area contributed by atoms with Crippen molar-refractivity contribution in [1.82, 2.24) is 0 Å². The van der Waals surface area contributed by atoms with E-state index in [1.165, 1.54) is 22.3 Å². The first-order chi connectivity index (χ1) is 12.2. The summed E-state index contributed by atoms with van der Waals surface area (Å²) >= 11 is 0. The molecular formula is C24H20O. The summed E-state index contributed by atoms with van der Waals surface area (Å²) in [5, 5.41) is 10.5. The molecule has 1 aliphatic carbocycles. The van der Waals surface area contributed by atoms with Gasteiger partial charge in [-0.1, -0.05) is 91.0 Å². The summed E-state index contributed by atoms with van der Waals surface area (Å²) in [6.45, 7) is 1.94. The lowest BCUT2D eigenvalue weighted by molar-refractivity contribution is 0.464. The third-order valence-corrected chi connectivity index (χ3v) is 4.78. The van der Waals surface area contributed by atoms with Gasteiger partial charge in [-0.2, -0.15) is 0 Å². The third kappa shape index (κ3) is 2.89. The Bertz CT molecular complexity index is 894. The number of phenolic OH excluding ortho intramolecular Hbond substituents is 1. The fourth-order valence-corrected chi connectivity index (χ4v) is 3.46. The standard InChI is InChI=1S/C24H20O/c1-17-9-8-14-21(24(17)25)20-15-22(18-10-4-2-5-11-18)23(16-20)19-12-6-3-7-13-19/h2-16,20,25H,1H3. The Hall–Kier alpha value is -3.06. The van der Waals surface area contributed by atoms with Crippen LogP contribution in [0.25, 0.3) is 11.1 Å². The van der Waals surface area contributed by atoms with Gasteiger partial charge in [-0.15, -0.1) is 0 Å². The van der Waals surface area contributed by atoms with Crippen LogP contribution in [0.3, 0.4) is 0 Å². The van der Waals surface area contributed by atoms with Gasteiger partial charge in [0.25, 0.3) is 0 Å². The highest BCUT2D eigenvalue weighted by Gasteiger charge is 2.23. The number of allylic oxidation sites excluding steroid dienone is 4. The first-order valence-electron chi connectivity index (χ1n) is 8.57. The average Bonchev–Trinajstić information content (AvgIpc) is 3.10. The number of aryl methyl sites for hydroxylation is 1. The zero-order valence-corrected chi connectivity index (χ0v) is 14.2. The molecule has 0 heterocycles. The molecule has 1 heteroatoms. The SMILES string of the molecule is Cc1cccc(C2C=C(c3ccccc3)C(c3ccccc3)=C2)c1O. The van der Waals surface area contributed by atoms with Crippen molar-refractivity contribution in [2.75, 3.05) is 0 Å². The number of hydrogen-bond donors (Lipinski definition) is 1. The van der Waals surface area contributed by atoms with Crippen LogP contribution in [0, 0.1) is 6.92 Å². The summed E-state index contributed by atoms with van der Waals surface area (Å²) in [5.74, 6) is 0.465. The Balaban J connectivity index is 1.86. The van der Waals surface area contributed by atoms with Crippen LogP contribution in [0.15, 0.2) is 91.0 Å². The second kappa shape index (κ2) is 6.45.